The fourth-order valence-corrected chi connectivity index (χ4v) is 1.02. The van der Waals surface area contributed by atoms with Crippen LogP contribution in [0.25, 0.3) is 0 Å². The van der Waals surface area contributed by atoms with E-state index in [0.29, 0.717) is 5.92 Å². The molecule has 0 saturated carbocycles. The fourth-order valence-electron chi connectivity index (χ4n) is 1.02. The Kier molecular flexibility index (Phi) is 2.29. The van der Waals surface area contributed by atoms with Crippen LogP contribution in [0.1, 0.15) is 13.8 Å². The van der Waals surface area contributed by atoms with E-state index in [4.69, 9.17) is 4.74 Å². The van der Waals surface area contributed by atoms with Gasteiger partial charge in [0.1, 0.15) is 0 Å². The van der Waals surface area contributed by atoms with Gasteiger partial charge >= 0.3 is 0 Å². The molecule has 0 N–H and O–H groups in total. The average Bonchev–Trinajstić information content (AvgIpc) is 1.60. The molecule has 1 rings (SSSR count). The number of ether oxygens (including phenoxy) is 1. The first kappa shape index (κ1) is 6.81. The summed E-state index contributed by atoms with van der Waals surface area (Å²) in [6.45, 7) is 6.24. The molecule has 0 aromatic heterocycles. The Morgan fingerprint density at radius 1 is 1.56 bits per heavy atom. The van der Waals surface area contributed by atoms with Crippen LogP contribution >= 0.6 is 0 Å². The normalized spacial score (nSPS) is 24.2. The highest BCUT2D eigenvalue weighted by molar-refractivity contribution is 4.88. The first-order valence-corrected chi connectivity index (χ1v) is 3.55. The predicted molar refractivity (Wildman–Crippen MR) is 38.3 cm³/mol. The maximum Gasteiger partial charge on any atom is 0.0522 e. The van der Waals surface area contributed by atoms with E-state index in [1.165, 1.54) is 0 Å². The molecule has 1 saturated heterocycles. The van der Waals surface area contributed by atoms with Gasteiger partial charge < -0.3 is 4.74 Å². The van der Waals surface area contributed by atoms with Crippen molar-refractivity contribution >= 4 is 0 Å². The van der Waals surface area contributed by atoms with E-state index in [9.17, 15) is 0 Å². The molecule has 0 aromatic rings. The summed E-state index contributed by atoms with van der Waals surface area (Å²) in [5.74, 6) is 1.50. The van der Waals surface area contributed by atoms with Crippen molar-refractivity contribution in [3.05, 3.63) is 12.2 Å². The molecule has 0 aromatic carbocycles. The van der Waals surface area contributed by atoms with E-state index >= 15 is 0 Å². The Morgan fingerprint density at radius 3 is 2.56 bits per heavy atom. The van der Waals surface area contributed by atoms with E-state index < -0.39 is 0 Å². The quantitative estimate of drug-likeness (QED) is 0.513. The van der Waals surface area contributed by atoms with E-state index in [1.807, 2.05) is 0 Å². The summed E-state index contributed by atoms with van der Waals surface area (Å²) in [5.41, 5.74) is 0. The Hall–Kier alpha value is -0.300. The second kappa shape index (κ2) is 3.02. The molecule has 1 heterocycles. The van der Waals surface area contributed by atoms with Crippen molar-refractivity contribution in [3.8, 4) is 0 Å². The van der Waals surface area contributed by atoms with E-state index in [1.54, 1.807) is 0 Å². The van der Waals surface area contributed by atoms with Gasteiger partial charge in [-0.2, -0.15) is 0 Å². The molecular weight excluding hydrogens is 112 g/mol. The zero-order valence-corrected chi connectivity index (χ0v) is 6.13. The highest BCUT2D eigenvalue weighted by Gasteiger charge is 2.22. The molecule has 0 amide bonds. The second-order valence-electron chi connectivity index (χ2n) is 2.68. The molecule has 1 heteroatoms. The van der Waals surface area contributed by atoms with Gasteiger partial charge in [-0.1, -0.05) is 19.1 Å². The van der Waals surface area contributed by atoms with Gasteiger partial charge in [-0.05, 0) is 12.8 Å². The third-order valence-electron chi connectivity index (χ3n) is 1.90. The van der Waals surface area contributed by atoms with E-state index in [2.05, 4.69) is 26.0 Å². The van der Waals surface area contributed by atoms with Gasteiger partial charge in [-0.3, -0.25) is 0 Å². The third kappa shape index (κ3) is 1.55. The predicted octanol–water partition coefficient (Wildman–Crippen LogP) is 1.84. The van der Waals surface area contributed by atoms with Crippen LogP contribution in [0, 0.1) is 11.8 Å². The summed E-state index contributed by atoms with van der Waals surface area (Å²) in [7, 11) is 0. The topological polar surface area (TPSA) is 9.23 Å². The lowest BCUT2D eigenvalue weighted by Crippen LogP contribution is -2.32. The van der Waals surface area contributed by atoms with Crippen molar-refractivity contribution in [2.24, 2.45) is 11.8 Å². The minimum Gasteiger partial charge on any atom is -0.381 e. The molecule has 9 heavy (non-hydrogen) atoms. The largest absolute Gasteiger partial charge is 0.381 e. The van der Waals surface area contributed by atoms with E-state index in [0.717, 1.165) is 19.1 Å². The summed E-state index contributed by atoms with van der Waals surface area (Å²) >= 11 is 0. The third-order valence-corrected chi connectivity index (χ3v) is 1.90. The van der Waals surface area contributed by atoms with Crippen molar-refractivity contribution < 1.29 is 4.74 Å². The van der Waals surface area contributed by atoms with Gasteiger partial charge in [-0.25, -0.2) is 0 Å². The second-order valence-corrected chi connectivity index (χ2v) is 2.68. The van der Waals surface area contributed by atoms with Crippen molar-refractivity contribution in [1.82, 2.24) is 0 Å². The lowest BCUT2D eigenvalue weighted by Gasteiger charge is -2.29. The highest BCUT2D eigenvalue weighted by atomic mass is 16.5. The minimum atomic E-state index is 0.712. The summed E-state index contributed by atoms with van der Waals surface area (Å²) in [5, 5.41) is 0. The van der Waals surface area contributed by atoms with Crippen LogP contribution < -0.4 is 0 Å². The lowest BCUT2D eigenvalue weighted by molar-refractivity contribution is -0.0481. The van der Waals surface area contributed by atoms with Gasteiger partial charge in [0.25, 0.3) is 0 Å². The summed E-state index contributed by atoms with van der Waals surface area (Å²) < 4.78 is 5.07. The molecule has 1 unspecified atom stereocenters. The summed E-state index contributed by atoms with van der Waals surface area (Å²) in [6, 6.07) is 0. The number of rotatable bonds is 2. The number of hydrogen-bond donors (Lipinski definition) is 0. The molecule has 0 spiro atoms. The Bertz CT molecular complexity index is 103. The molecule has 1 atom stereocenters. The molecular formula is C8H14O. The van der Waals surface area contributed by atoms with Crippen LogP contribution in [-0.4, -0.2) is 13.2 Å². The maximum absolute atomic E-state index is 5.07. The van der Waals surface area contributed by atoms with Crippen molar-refractivity contribution in [2.75, 3.05) is 13.2 Å². The molecule has 52 valence electrons. The summed E-state index contributed by atoms with van der Waals surface area (Å²) in [4.78, 5) is 0. The van der Waals surface area contributed by atoms with Crippen LogP contribution in [0.4, 0.5) is 0 Å². The Morgan fingerprint density at radius 2 is 2.22 bits per heavy atom. The molecule has 1 nitrogen and oxygen atoms in total. The van der Waals surface area contributed by atoms with Gasteiger partial charge in [0, 0.05) is 5.92 Å². The zero-order chi connectivity index (χ0) is 6.69. The van der Waals surface area contributed by atoms with Crippen molar-refractivity contribution in [3.63, 3.8) is 0 Å². The first-order valence-electron chi connectivity index (χ1n) is 3.55. The van der Waals surface area contributed by atoms with Gasteiger partial charge in [0.05, 0.1) is 13.2 Å². The van der Waals surface area contributed by atoms with Crippen LogP contribution in [0.2, 0.25) is 0 Å². The Labute approximate surface area is 56.7 Å². The minimum absolute atomic E-state index is 0.712. The monoisotopic (exact) mass is 126 g/mol. The lowest BCUT2D eigenvalue weighted by atomic mass is 9.92. The molecule has 0 radical (unpaired) electrons. The van der Waals surface area contributed by atoms with Crippen molar-refractivity contribution in [1.29, 1.82) is 0 Å². The summed E-state index contributed by atoms with van der Waals surface area (Å²) in [6.07, 6.45) is 4.36. The van der Waals surface area contributed by atoms with Crippen LogP contribution in [0.5, 0.6) is 0 Å². The molecule has 0 aliphatic carbocycles. The molecule has 1 aliphatic heterocycles. The van der Waals surface area contributed by atoms with Crippen LogP contribution in [-0.2, 0) is 4.74 Å². The van der Waals surface area contributed by atoms with E-state index in [-0.39, 0.29) is 0 Å². The SMILES string of the molecule is C/C=C/C(C)C1COC1. The molecule has 1 aliphatic rings. The molecule has 0 bridgehead atoms. The molecule has 1 fully saturated rings. The zero-order valence-electron chi connectivity index (χ0n) is 6.13. The van der Waals surface area contributed by atoms with Crippen LogP contribution in [0.3, 0.4) is 0 Å². The standard InChI is InChI=1S/C8H14O/c1-3-4-7(2)8-5-9-6-8/h3-4,7-8H,5-6H2,1-2H3/b4-3+. The fraction of sp³-hybridized carbons (Fsp3) is 0.750. The van der Waals surface area contributed by atoms with Gasteiger partial charge in [-0.15, -0.1) is 0 Å². The van der Waals surface area contributed by atoms with Crippen molar-refractivity contribution in [2.45, 2.75) is 13.8 Å². The smallest absolute Gasteiger partial charge is 0.0522 e. The first-order chi connectivity index (χ1) is 4.34. The number of allylic oxidation sites excluding steroid dienone is 2. The van der Waals surface area contributed by atoms with Crippen LogP contribution in [0.15, 0.2) is 12.2 Å². The highest BCUT2D eigenvalue weighted by Crippen LogP contribution is 2.20. The Balaban J connectivity index is 2.23. The maximum atomic E-state index is 5.07. The van der Waals surface area contributed by atoms with Gasteiger partial charge in [0.15, 0.2) is 0 Å². The average molecular weight is 126 g/mol. The van der Waals surface area contributed by atoms with Gasteiger partial charge in [0.2, 0.25) is 0 Å². The number of hydrogen-bond acceptors (Lipinski definition) is 1.